The van der Waals surface area contributed by atoms with E-state index in [1.54, 1.807) is 0 Å². The van der Waals surface area contributed by atoms with Crippen LogP contribution in [0.1, 0.15) is 36.5 Å². The summed E-state index contributed by atoms with van der Waals surface area (Å²) in [4.78, 5) is 2.40. The van der Waals surface area contributed by atoms with E-state index >= 15 is 0 Å². The largest absolute Gasteiger partial charge is 0.309 e. The predicted octanol–water partition coefficient (Wildman–Crippen LogP) is 6.71. The second-order valence-electron chi connectivity index (χ2n) is 8.21. The van der Waals surface area contributed by atoms with E-state index in [1.807, 2.05) is 12.1 Å². The minimum atomic E-state index is 0.778. The minimum Gasteiger partial charge on any atom is -0.309 e. The van der Waals surface area contributed by atoms with E-state index < -0.39 is 0 Å². The molecule has 30 heavy (non-hydrogen) atoms. The first-order chi connectivity index (χ1) is 14.5. The normalized spacial score (nSPS) is 16.2. The van der Waals surface area contributed by atoms with Crippen molar-refractivity contribution >= 4 is 11.6 Å². The number of likely N-dealkylation sites (tertiary alicyclic amines) is 1. The van der Waals surface area contributed by atoms with Gasteiger partial charge in [0.25, 0.3) is 0 Å². The fourth-order valence-electron chi connectivity index (χ4n) is 3.73. The van der Waals surface area contributed by atoms with E-state index in [-0.39, 0.29) is 0 Å². The predicted molar refractivity (Wildman–Crippen MR) is 130 cm³/mol. The van der Waals surface area contributed by atoms with Gasteiger partial charge in [0.2, 0.25) is 0 Å². The average molecular weight is 421 g/mol. The van der Waals surface area contributed by atoms with Crippen molar-refractivity contribution < 1.29 is 0 Å². The van der Waals surface area contributed by atoms with Crippen molar-refractivity contribution in [2.45, 2.75) is 45.8 Å². The van der Waals surface area contributed by atoms with Crippen LogP contribution in [-0.4, -0.2) is 24.5 Å². The Morgan fingerprint density at radius 1 is 0.900 bits per heavy atom. The van der Waals surface area contributed by atoms with Crippen molar-refractivity contribution in [3.05, 3.63) is 94.5 Å². The van der Waals surface area contributed by atoms with Crippen LogP contribution in [-0.2, 0) is 13.1 Å². The van der Waals surface area contributed by atoms with Crippen molar-refractivity contribution in [1.29, 1.82) is 0 Å². The maximum atomic E-state index is 5.90. The molecule has 4 rings (SSSR count). The standard InChI is InChI=1S/C21H20ClN.C6H13N/c1-16-4-2-3-5-21(16)19-10-6-17(7-11-19)14-23-15-18-8-12-20(22)13-9-18;1-6-4-3-5-7(6)2/h2-13,23H,14-15H2,1H3;6H,3-5H2,1-2H3. The highest BCUT2D eigenvalue weighted by atomic mass is 35.5. The third kappa shape index (κ3) is 6.70. The number of nitrogens with one attached hydrogen (secondary N) is 1. The molecule has 1 N–H and O–H groups in total. The molecule has 2 nitrogen and oxygen atoms in total. The molecular weight excluding hydrogens is 388 g/mol. The number of halogens is 1. The Morgan fingerprint density at radius 3 is 2.00 bits per heavy atom. The number of benzene rings is 3. The first-order valence-corrected chi connectivity index (χ1v) is 11.2. The van der Waals surface area contributed by atoms with Crippen LogP contribution in [0.15, 0.2) is 72.8 Å². The van der Waals surface area contributed by atoms with Gasteiger partial charge in [0.1, 0.15) is 0 Å². The highest BCUT2D eigenvalue weighted by molar-refractivity contribution is 6.30. The molecule has 1 atom stereocenters. The Balaban J connectivity index is 0.000000310. The molecule has 3 heteroatoms. The van der Waals surface area contributed by atoms with Crippen LogP contribution in [0.5, 0.6) is 0 Å². The van der Waals surface area contributed by atoms with Crippen molar-refractivity contribution in [2.75, 3.05) is 13.6 Å². The Morgan fingerprint density at radius 2 is 1.50 bits per heavy atom. The molecule has 0 amide bonds. The number of hydrogen-bond acceptors (Lipinski definition) is 2. The van der Waals surface area contributed by atoms with Crippen molar-refractivity contribution in [3.63, 3.8) is 0 Å². The van der Waals surface area contributed by atoms with Crippen LogP contribution in [0.25, 0.3) is 11.1 Å². The molecule has 1 aliphatic rings. The second kappa shape index (κ2) is 11.3. The lowest BCUT2D eigenvalue weighted by Gasteiger charge is -2.12. The third-order valence-electron chi connectivity index (χ3n) is 5.87. The smallest absolute Gasteiger partial charge is 0.0406 e. The van der Waals surface area contributed by atoms with Gasteiger partial charge in [0.15, 0.2) is 0 Å². The summed E-state index contributed by atoms with van der Waals surface area (Å²) in [5.74, 6) is 0. The molecule has 1 fully saturated rings. The average Bonchev–Trinajstić information content (AvgIpc) is 3.13. The zero-order chi connectivity index (χ0) is 21.3. The molecule has 0 aliphatic carbocycles. The summed E-state index contributed by atoms with van der Waals surface area (Å²) in [7, 11) is 2.19. The summed E-state index contributed by atoms with van der Waals surface area (Å²) >= 11 is 5.90. The maximum absolute atomic E-state index is 5.90. The van der Waals surface area contributed by atoms with E-state index in [9.17, 15) is 0 Å². The molecule has 1 heterocycles. The van der Waals surface area contributed by atoms with Crippen molar-refractivity contribution in [1.82, 2.24) is 10.2 Å². The quantitative estimate of drug-likeness (QED) is 0.493. The van der Waals surface area contributed by atoms with Gasteiger partial charge in [-0.3, -0.25) is 0 Å². The van der Waals surface area contributed by atoms with Crippen LogP contribution < -0.4 is 5.32 Å². The Hall–Kier alpha value is -2.13. The van der Waals surface area contributed by atoms with Gasteiger partial charge in [-0.25, -0.2) is 0 Å². The molecule has 0 aromatic heterocycles. The summed E-state index contributed by atoms with van der Waals surface area (Å²) in [6, 6.07) is 26.1. The third-order valence-corrected chi connectivity index (χ3v) is 6.12. The fraction of sp³-hybridized carbons (Fsp3) is 0.333. The van der Waals surface area contributed by atoms with Crippen molar-refractivity contribution in [3.8, 4) is 11.1 Å². The highest BCUT2D eigenvalue weighted by Gasteiger charge is 2.14. The second-order valence-corrected chi connectivity index (χ2v) is 8.65. The van der Waals surface area contributed by atoms with E-state index in [0.717, 1.165) is 24.2 Å². The topological polar surface area (TPSA) is 15.3 Å². The molecule has 0 bridgehead atoms. The summed E-state index contributed by atoms with van der Waals surface area (Å²) in [5.41, 5.74) is 6.40. The summed E-state index contributed by atoms with van der Waals surface area (Å²) in [6.45, 7) is 7.44. The van der Waals surface area contributed by atoms with Gasteiger partial charge >= 0.3 is 0 Å². The van der Waals surface area contributed by atoms with Crippen LogP contribution in [0.3, 0.4) is 0 Å². The van der Waals surface area contributed by atoms with Gasteiger partial charge < -0.3 is 10.2 Å². The monoisotopic (exact) mass is 420 g/mol. The van der Waals surface area contributed by atoms with Crippen LogP contribution >= 0.6 is 11.6 Å². The number of aryl methyl sites for hydroxylation is 1. The highest BCUT2D eigenvalue weighted by Crippen LogP contribution is 2.23. The van der Waals surface area contributed by atoms with E-state index in [0.29, 0.717) is 0 Å². The van der Waals surface area contributed by atoms with Gasteiger partial charge in [-0.15, -0.1) is 0 Å². The SMILES string of the molecule is CC1CCCN1C.Cc1ccccc1-c1ccc(CNCc2ccc(Cl)cc2)cc1. The molecule has 0 spiro atoms. The van der Waals surface area contributed by atoms with E-state index in [1.165, 1.54) is 47.2 Å². The molecule has 3 aromatic rings. The fourth-order valence-corrected chi connectivity index (χ4v) is 3.86. The minimum absolute atomic E-state index is 0.778. The lowest BCUT2D eigenvalue weighted by Crippen LogP contribution is -2.20. The molecular formula is C27H33ClN2. The lowest BCUT2D eigenvalue weighted by molar-refractivity contribution is 0.331. The van der Waals surface area contributed by atoms with Crippen LogP contribution in [0.4, 0.5) is 0 Å². The van der Waals surface area contributed by atoms with Crippen LogP contribution in [0.2, 0.25) is 5.02 Å². The zero-order valence-corrected chi connectivity index (χ0v) is 19.1. The van der Waals surface area contributed by atoms with Gasteiger partial charge in [0.05, 0.1) is 0 Å². The molecule has 1 saturated heterocycles. The summed E-state index contributed by atoms with van der Waals surface area (Å²) < 4.78 is 0. The molecule has 1 unspecified atom stereocenters. The Labute approximate surface area is 186 Å². The van der Waals surface area contributed by atoms with Gasteiger partial charge in [-0.2, -0.15) is 0 Å². The number of nitrogens with zero attached hydrogens (tertiary/aromatic N) is 1. The molecule has 158 valence electrons. The lowest BCUT2D eigenvalue weighted by atomic mass is 10.00. The van der Waals surface area contributed by atoms with E-state index in [2.05, 4.69) is 91.8 Å². The molecule has 1 aliphatic heterocycles. The maximum Gasteiger partial charge on any atom is 0.0406 e. The van der Waals surface area contributed by atoms with Gasteiger partial charge in [-0.05, 0) is 80.2 Å². The summed E-state index contributed by atoms with van der Waals surface area (Å²) in [5, 5.41) is 4.24. The first-order valence-electron chi connectivity index (χ1n) is 10.8. The molecule has 0 saturated carbocycles. The summed E-state index contributed by atoms with van der Waals surface area (Å²) in [6.07, 6.45) is 2.80. The van der Waals surface area contributed by atoms with Gasteiger partial charge in [-0.1, -0.05) is 72.3 Å². The van der Waals surface area contributed by atoms with Gasteiger partial charge in [0, 0.05) is 24.2 Å². The van der Waals surface area contributed by atoms with Crippen molar-refractivity contribution in [2.24, 2.45) is 0 Å². The first kappa shape index (κ1) is 22.6. The molecule has 0 radical (unpaired) electrons. The number of rotatable bonds is 5. The molecule has 3 aromatic carbocycles. The number of hydrogen-bond donors (Lipinski definition) is 1. The Kier molecular flexibility index (Phi) is 8.50. The Bertz CT molecular complexity index is 895. The van der Waals surface area contributed by atoms with Crippen LogP contribution in [0, 0.1) is 6.92 Å². The van der Waals surface area contributed by atoms with E-state index in [4.69, 9.17) is 11.6 Å². The zero-order valence-electron chi connectivity index (χ0n) is 18.4.